The van der Waals surface area contributed by atoms with Crippen molar-refractivity contribution >= 4 is 22.5 Å². The second kappa shape index (κ2) is 3.26. The van der Waals surface area contributed by atoms with E-state index in [2.05, 4.69) is 5.10 Å². The molecule has 0 saturated carbocycles. The van der Waals surface area contributed by atoms with Gasteiger partial charge in [0.2, 0.25) is 0 Å². The molecule has 0 bridgehead atoms. The first-order valence-corrected chi connectivity index (χ1v) is 4.85. The Hall–Kier alpha value is -1.06. The van der Waals surface area contributed by atoms with Crippen LogP contribution < -0.4 is 5.73 Å². The van der Waals surface area contributed by atoms with Gasteiger partial charge in [0.1, 0.15) is 0 Å². The maximum Gasteiger partial charge on any atom is 0.0882 e. The molecule has 1 unspecified atom stereocenters. The van der Waals surface area contributed by atoms with Gasteiger partial charge in [0.25, 0.3) is 0 Å². The molecule has 0 fully saturated rings. The predicted molar refractivity (Wildman–Crippen MR) is 58.3 cm³/mol. The van der Waals surface area contributed by atoms with Gasteiger partial charge in [-0.3, -0.25) is 4.68 Å². The number of rotatable bonds is 1. The first kappa shape index (κ1) is 9.49. The lowest BCUT2D eigenvalue weighted by Gasteiger charge is -2.01. The fourth-order valence-electron chi connectivity index (χ4n) is 1.62. The zero-order valence-electron chi connectivity index (χ0n) is 8.16. The Balaban J connectivity index is 2.86. The molecular weight excluding hydrogens is 198 g/mol. The van der Waals surface area contributed by atoms with E-state index in [4.69, 9.17) is 17.3 Å². The molecule has 2 rings (SSSR count). The lowest BCUT2D eigenvalue weighted by Crippen LogP contribution is -2.06. The molecule has 0 spiro atoms. The number of aryl methyl sites for hydroxylation is 1. The largest absolute Gasteiger partial charge is 0.323 e. The van der Waals surface area contributed by atoms with Crippen molar-refractivity contribution in [1.82, 2.24) is 9.78 Å². The number of hydrogen-bond donors (Lipinski definition) is 1. The van der Waals surface area contributed by atoms with Crippen LogP contribution in [0.5, 0.6) is 0 Å². The van der Waals surface area contributed by atoms with Crippen LogP contribution in [-0.4, -0.2) is 9.78 Å². The highest BCUT2D eigenvalue weighted by Gasteiger charge is 2.13. The van der Waals surface area contributed by atoms with Gasteiger partial charge in [-0.2, -0.15) is 5.10 Å². The van der Waals surface area contributed by atoms with Gasteiger partial charge in [-0.1, -0.05) is 17.7 Å². The van der Waals surface area contributed by atoms with Crippen molar-refractivity contribution in [3.05, 3.63) is 28.9 Å². The molecule has 4 heteroatoms. The van der Waals surface area contributed by atoms with Crippen molar-refractivity contribution in [2.75, 3.05) is 0 Å². The molecule has 2 N–H and O–H groups in total. The number of nitrogens with two attached hydrogens (primary N) is 1. The standard InChI is InChI=1S/C10H12ClN3/c1-6(12)10-9-7(11)4-3-5-8(9)14(2)13-10/h3-6H,12H2,1-2H3. The molecule has 0 aliphatic heterocycles. The SMILES string of the molecule is CC(N)c1nn(C)c2cccc(Cl)c12. The highest BCUT2D eigenvalue weighted by Crippen LogP contribution is 2.28. The molecule has 1 aromatic carbocycles. The summed E-state index contributed by atoms with van der Waals surface area (Å²) in [6.07, 6.45) is 0. The van der Waals surface area contributed by atoms with E-state index >= 15 is 0 Å². The van der Waals surface area contributed by atoms with Gasteiger partial charge in [-0.25, -0.2) is 0 Å². The molecule has 3 nitrogen and oxygen atoms in total. The summed E-state index contributed by atoms with van der Waals surface area (Å²) in [5, 5.41) is 6.03. The van der Waals surface area contributed by atoms with Crippen molar-refractivity contribution < 1.29 is 0 Å². The maximum absolute atomic E-state index is 6.11. The third kappa shape index (κ3) is 1.29. The first-order chi connectivity index (χ1) is 6.61. The second-order valence-electron chi connectivity index (χ2n) is 3.43. The van der Waals surface area contributed by atoms with E-state index in [-0.39, 0.29) is 6.04 Å². The van der Waals surface area contributed by atoms with Crippen LogP contribution in [0.2, 0.25) is 5.02 Å². The van der Waals surface area contributed by atoms with Crippen LogP contribution in [0, 0.1) is 0 Å². The monoisotopic (exact) mass is 209 g/mol. The minimum Gasteiger partial charge on any atom is -0.323 e. The normalized spacial score (nSPS) is 13.4. The quantitative estimate of drug-likeness (QED) is 0.783. The molecule has 14 heavy (non-hydrogen) atoms. The van der Waals surface area contributed by atoms with E-state index in [0.717, 1.165) is 16.6 Å². The minimum atomic E-state index is -0.0985. The zero-order valence-corrected chi connectivity index (χ0v) is 8.92. The number of nitrogens with zero attached hydrogens (tertiary/aromatic N) is 2. The van der Waals surface area contributed by atoms with Gasteiger partial charge in [0.15, 0.2) is 0 Å². The van der Waals surface area contributed by atoms with E-state index in [1.807, 2.05) is 32.2 Å². The van der Waals surface area contributed by atoms with E-state index in [1.165, 1.54) is 0 Å². The Morgan fingerprint density at radius 3 is 2.86 bits per heavy atom. The van der Waals surface area contributed by atoms with Gasteiger partial charge in [0, 0.05) is 18.5 Å². The van der Waals surface area contributed by atoms with Crippen LogP contribution in [0.1, 0.15) is 18.7 Å². The van der Waals surface area contributed by atoms with E-state index in [1.54, 1.807) is 4.68 Å². The van der Waals surface area contributed by atoms with E-state index in [0.29, 0.717) is 5.02 Å². The van der Waals surface area contributed by atoms with Crippen LogP contribution in [-0.2, 0) is 7.05 Å². The maximum atomic E-state index is 6.11. The molecule has 1 atom stereocenters. The lowest BCUT2D eigenvalue weighted by molar-refractivity contribution is 0.712. The number of benzene rings is 1. The summed E-state index contributed by atoms with van der Waals surface area (Å²) in [6, 6.07) is 5.66. The Morgan fingerprint density at radius 1 is 1.50 bits per heavy atom. The van der Waals surface area contributed by atoms with Crippen LogP contribution in [0.4, 0.5) is 0 Å². The molecule has 2 aromatic rings. The molecule has 0 aliphatic rings. The molecule has 1 aromatic heterocycles. The lowest BCUT2D eigenvalue weighted by atomic mass is 10.1. The zero-order chi connectivity index (χ0) is 10.3. The van der Waals surface area contributed by atoms with Gasteiger partial charge < -0.3 is 5.73 Å². The second-order valence-corrected chi connectivity index (χ2v) is 3.84. The molecule has 1 heterocycles. The van der Waals surface area contributed by atoms with Crippen molar-refractivity contribution in [3.63, 3.8) is 0 Å². The molecule has 0 saturated heterocycles. The highest BCUT2D eigenvalue weighted by molar-refractivity contribution is 6.35. The van der Waals surface area contributed by atoms with Gasteiger partial charge >= 0.3 is 0 Å². The van der Waals surface area contributed by atoms with Crippen LogP contribution >= 0.6 is 11.6 Å². The number of halogens is 1. The Labute approximate surface area is 87.5 Å². The minimum absolute atomic E-state index is 0.0985. The van der Waals surface area contributed by atoms with Crippen molar-refractivity contribution in [1.29, 1.82) is 0 Å². The summed E-state index contributed by atoms with van der Waals surface area (Å²) in [5.74, 6) is 0. The average molecular weight is 210 g/mol. The van der Waals surface area contributed by atoms with E-state index < -0.39 is 0 Å². The summed E-state index contributed by atoms with van der Waals surface area (Å²) < 4.78 is 1.81. The average Bonchev–Trinajstić information content (AvgIpc) is 2.46. The summed E-state index contributed by atoms with van der Waals surface area (Å²) in [4.78, 5) is 0. The third-order valence-electron chi connectivity index (χ3n) is 2.29. The Kier molecular flexibility index (Phi) is 2.21. The molecule has 74 valence electrons. The number of hydrogen-bond acceptors (Lipinski definition) is 2. The highest BCUT2D eigenvalue weighted by atomic mass is 35.5. The summed E-state index contributed by atoms with van der Waals surface area (Å²) in [7, 11) is 1.89. The molecular formula is C10H12ClN3. The molecule has 0 amide bonds. The van der Waals surface area contributed by atoms with Crippen LogP contribution in [0.25, 0.3) is 10.9 Å². The van der Waals surface area contributed by atoms with Gasteiger partial charge in [-0.15, -0.1) is 0 Å². The first-order valence-electron chi connectivity index (χ1n) is 4.48. The predicted octanol–water partition coefficient (Wildman–Crippen LogP) is 2.25. The van der Waals surface area contributed by atoms with Crippen molar-refractivity contribution in [3.8, 4) is 0 Å². The fourth-order valence-corrected chi connectivity index (χ4v) is 1.89. The Bertz CT molecular complexity index is 473. The van der Waals surface area contributed by atoms with Crippen LogP contribution in [0.15, 0.2) is 18.2 Å². The smallest absolute Gasteiger partial charge is 0.0882 e. The number of fused-ring (bicyclic) bond motifs is 1. The summed E-state index contributed by atoms with van der Waals surface area (Å²) in [5.41, 5.74) is 7.70. The summed E-state index contributed by atoms with van der Waals surface area (Å²) >= 11 is 6.11. The van der Waals surface area contributed by atoms with Crippen molar-refractivity contribution in [2.45, 2.75) is 13.0 Å². The third-order valence-corrected chi connectivity index (χ3v) is 2.60. The van der Waals surface area contributed by atoms with Crippen LogP contribution in [0.3, 0.4) is 0 Å². The molecule has 0 radical (unpaired) electrons. The molecule has 0 aliphatic carbocycles. The van der Waals surface area contributed by atoms with Gasteiger partial charge in [0.05, 0.1) is 16.2 Å². The Morgan fingerprint density at radius 2 is 2.21 bits per heavy atom. The van der Waals surface area contributed by atoms with Crippen molar-refractivity contribution in [2.24, 2.45) is 12.8 Å². The van der Waals surface area contributed by atoms with E-state index in [9.17, 15) is 0 Å². The topological polar surface area (TPSA) is 43.8 Å². The number of aromatic nitrogens is 2. The summed E-state index contributed by atoms with van der Waals surface area (Å²) in [6.45, 7) is 1.91. The fraction of sp³-hybridized carbons (Fsp3) is 0.300. The van der Waals surface area contributed by atoms with Gasteiger partial charge in [-0.05, 0) is 19.1 Å².